The van der Waals surface area contributed by atoms with E-state index in [0.29, 0.717) is 23.0 Å². The minimum Gasteiger partial charge on any atom is -0.381 e. The van der Waals surface area contributed by atoms with E-state index in [-0.39, 0.29) is 5.91 Å². The van der Waals surface area contributed by atoms with Crippen molar-refractivity contribution in [1.29, 1.82) is 0 Å². The van der Waals surface area contributed by atoms with E-state index in [4.69, 9.17) is 16.3 Å². The molecule has 1 saturated heterocycles. The third kappa shape index (κ3) is 2.58. The summed E-state index contributed by atoms with van der Waals surface area (Å²) in [6.45, 7) is 3.48. The molecule has 4 nitrogen and oxygen atoms in total. The number of hydrogen-bond acceptors (Lipinski definition) is 3. The highest BCUT2D eigenvalue weighted by atomic mass is 35.5. The van der Waals surface area contributed by atoms with E-state index in [1.54, 1.807) is 7.11 Å². The van der Waals surface area contributed by atoms with Gasteiger partial charge in [0.25, 0.3) is 5.91 Å². The number of hydrogen-bond donors (Lipinski definition) is 0. The lowest BCUT2D eigenvalue weighted by molar-refractivity contribution is -0.0113. The van der Waals surface area contributed by atoms with Crippen molar-refractivity contribution in [3.05, 3.63) is 40.5 Å². The van der Waals surface area contributed by atoms with E-state index in [2.05, 4.69) is 4.98 Å². The number of methoxy groups -OCH3 is 1. The van der Waals surface area contributed by atoms with Gasteiger partial charge in [0, 0.05) is 48.1 Å². The van der Waals surface area contributed by atoms with Crippen LogP contribution < -0.4 is 0 Å². The molecule has 0 N–H and O–H groups in total. The molecule has 4 rings (SSSR count). The second-order valence-corrected chi connectivity index (χ2v) is 7.42. The Morgan fingerprint density at radius 1 is 1.25 bits per heavy atom. The van der Waals surface area contributed by atoms with Crippen LogP contribution in [0.25, 0.3) is 10.9 Å². The molecule has 1 aromatic carbocycles. The van der Waals surface area contributed by atoms with Crippen LogP contribution in [0.2, 0.25) is 5.02 Å². The maximum Gasteiger partial charge on any atom is 0.254 e. The van der Waals surface area contributed by atoms with Gasteiger partial charge >= 0.3 is 0 Å². The Balaban J connectivity index is 1.69. The van der Waals surface area contributed by atoms with Gasteiger partial charge in [-0.1, -0.05) is 17.7 Å². The SMILES string of the molecule is COC1[C@@H]2CC[C@H]1CN(C(=O)c1cc(C)nc3cc(Cl)ccc13)C2. The Morgan fingerprint density at radius 2 is 1.96 bits per heavy atom. The van der Waals surface area contributed by atoms with Gasteiger partial charge in [-0.25, -0.2) is 0 Å². The van der Waals surface area contributed by atoms with Gasteiger partial charge in [0.1, 0.15) is 0 Å². The summed E-state index contributed by atoms with van der Waals surface area (Å²) in [7, 11) is 1.79. The molecule has 0 spiro atoms. The average Bonchev–Trinajstić information content (AvgIpc) is 2.81. The number of rotatable bonds is 2. The lowest BCUT2D eigenvalue weighted by Gasteiger charge is -2.37. The summed E-state index contributed by atoms with van der Waals surface area (Å²) in [5.74, 6) is 1.02. The largest absolute Gasteiger partial charge is 0.381 e. The summed E-state index contributed by atoms with van der Waals surface area (Å²) in [5.41, 5.74) is 2.34. The monoisotopic (exact) mass is 344 g/mol. The van der Waals surface area contributed by atoms with Gasteiger partial charge in [-0.3, -0.25) is 9.78 Å². The zero-order chi connectivity index (χ0) is 16.8. The van der Waals surface area contributed by atoms with Crippen LogP contribution >= 0.6 is 11.6 Å². The molecule has 1 saturated carbocycles. The molecule has 5 heteroatoms. The maximum absolute atomic E-state index is 13.2. The van der Waals surface area contributed by atoms with Crippen LogP contribution in [0.1, 0.15) is 28.9 Å². The minimum absolute atomic E-state index is 0.0966. The van der Waals surface area contributed by atoms with Crippen molar-refractivity contribution in [1.82, 2.24) is 9.88 Å². The number of benzene rings is 1. The third-order valence-corrected chi connectivity index (χ3v) is 5.67. The summed E-state index contributed by atoms with van der Waals surface area (Å²) in [6.07, 6.45) is 2.61. The van der Waals surface area contributed by atoms with Crippen LogP contribution in [-0.2, 0) is 4.74 Å². The molecule has 126 valence electrons. The Morgan fingerprint density at radius 3 is 2.62 bits per heavy atom. The highest BCUT2D eigenvalue weighted by Gasteiger charge is 2.43. The molecule has 2 bridgehead atoms. The fraction of sp³-hybridized carbons (Fsp3) is 0.474. The average molecular weight is 345 g/mol. The molecule has 1 unspecified atom stereocenters. The molecule has 0 radical (unpaired) electrons. The van der Waals surface area contributed by atoms with Crippen LogP contribution in [-0.4, -0.2) is 42.1 Å². The van der Waals surface area contributed by atoms with Crippen molar-refractivity contribution in [2.24, 2.45) is 11.8 Å². The quantitative estimate of drug-likeness (QED) is 0.834. The molecule has 2 fully saturated rings. The molecular formula is C19H21ClN2O2. The predicted molar refractivity (Wildman–Crippen MR) is 94.4 cm³/mol. The summed E-state index contributed by atoms with van der Waals surface area (Å²) >= 11 is 6.08. The molecule has 2 aromatic rings. The van der Waals surface area contributed by atoms with Gasteiger partial charge in [-0.05, 0) is 38.0 Å². The Hall–Kier alpha value is -1.65. The number of fused-ring (bicyclic) bond motifs is 3. The highest BCUT2D eigenvalue weighted by Crippen LogP contribution is 2.39. The van der Waals surface area contributed by atoms with Crippen LogP contribution in [0, 0.1) is 18.8 Å². The van der Waals surface area contributed by atoms with Crippen molar-refractivity contribution < 1.29 is 9.53 Å². The summed E-state index contributed by atoms with van der Waals surface area (Å²) in [4.78, 5) is 19.7. The molecule has 24 heavy (non-hydrogen) atoms. The number of halogens is 1. The highest BCUT2D eigenvalue weighted by molar-refractivity contribution is 6.31. The van der Waals surface area contributed by atoms with E-state index in [1.165, 1.54) is 0 Å². The molecular weight excluding hydrogens is 324 g/mol. The first-order chi connectivity index (χ1) is 11.6. The van der Waals surface area contributed by atoms with Gasteiger partial charge in [-0.15, -0.1) is 0 Å². The Bertz CT molecular complexity index is 788. The van der Waals surface area contributed by atoms with Crippen LogP contribution in [0.4, 0.5) is 0 Å². The van der Waals surface area contributed by atoms with Crippen molar-refractivity contribution in [2.45, 2.75) is 25.9 Å². The lowest BCUT2D eigenvalue weighted by atomic mass is 9.94. The number of pyridine rings is 1. The fourth-order valence-corrected chi connectivity index (χ4v) is 4.57. The van der Waals surface area contributed by atoms with Crippen LogP contribution in [0.5, 0.6) is 0 Å². The van der Waals surface area contributed by atoms with Gasteiger partial charge in [0.2, 0.25) is 0 Å². The number of aryl methyl sites for hydroxylation is 1. The molecule has 3 atom stereocenters. The van der Waals surface area contributed by atoms with Crippen LogP contribution in [0.3, 0.4) is 0 Å². The molecule has 1 aromatic heterocycles. The van der Waals surface area contributed by atoms with Gasteiger partial charge in [0.05, 0.1) is 17.2 Å². The number of carbonyl (C=O) groups excluding carboxylic acids is 1. The van der Waals surface area contributed by atoms with E-state index in [9.17, 15) is 4.79 Å². The molecule has 2 heterocycles. The minimum atomic E-state index is 0.0966. The van der Waals surface area contributed by atoms with Crippen molar-refractivity contribution in [3.63, 3.8) is 0 Å². The Kier molecular flexibility index (Phi) is 3.97. The van der Waals surface area contributed by atoms with Gasteiger partial charge in [0.15, 0.2) is 0 Å². The second-order valence-electron chi connectivity index (χ2n) is 6.98. The summed E-state index contributed by atoms with van der Waals surface area (Å²) in [6, 6.07) is 7.43. The first-order valence-corrected chi connectivity index (χ1v) is 8.83. The molecule has 1 aliphatic heterocycles. The number of carbonyl (C=O) groups is 1. The summed E-state index contributed by atoms with van der Waals surface area (Å²) in [5, 5.41) is 1.51. The van der Waals surface area contributed by atoms with Crippen molar-refractivity contribution in [3.8, 4) is 0 Å². The third-order valence-electron chi connectivity index (χ3n) is 5.44. The zero-order valence-electron chi connectivity index (χ0n) is 14.0. The topological polar surface area (TPSA) is 42.4 Å². The van der Waals surface area contributed by atoms with Crippen molar-refractivity contribution in [2.75, 3.05) is 20.2 Å². The van der Waals surface area contributed by atoms with Gasteiger partial charge < -0.3 is 9.64 Å². The fourth-order valence-electron chi connectivity index (χ4n) is 4.40. The van der Waals surface area contributed by atoms with E-state index < -0.39 is 0 Å². The van der Waals surface area contributed by atoms with E-state index in [1.807, 2.05) is 36.1 Å². The number of nitrogens with zero attached hydrogens (tertiary/aromatic N) is 2. The lowest BCUT2D eigenvalue weighted by Crippen LogP contribution is -2.48. The van der Waals surface area contributed by atoms with E-state index in [0.717, 1.165) is 48.1 Å². The molecule has 2 aliphatic rings. The second kappa shape index (κ2) is 6.01. The number of aromatic nitrogens is 1. The maximum atomic E-state index is 13.2. The van der Waals surface area contributed by atoms with E-state index >= 15 is 0 Å². The Labute approximate surface area is 146 Å². The van der Waals surface area contributed by atoms with Gasteiger partial charge in [-0.2, -0.15) is 0 Å². The van der Waals surface area contributed by atoms with Crippen molar-refractivity contribution >= 4 is 28.4 Å². The predicted octanol–water partition coefficient (Wildman–Crippen LogP) is 3.69. The molecule has 1 aliphatic carbocycles. The first kappa shape index (κ1) is 15.9. The number of piperidine rings is 1. The van der Waals surface area contributed by atoms with Crippen LogP contribution in [0.15, 0.2) is 24.3 Å². The number of amides is 1. The molecule has 1 amide bonds. The zero-order valence-corrected chi connectivity index (χ0v) is 14.7. The number of ether oxygens (including phenoxy) is 1. The summed E-state index contributed by atoms with van der Waals surface area (Å²) < 4.78 is 5.65. The smallest absolute Gasteiger partial charge is 0.254 e. The first-order valence-electron chi connectivity index (χ1n) is 8.46. The normalized spacial score (nSPS) is 26.1. The standard InChI is InChI=1S/C19H21ClN2O2/c1-11-7-16(15-6-5-14(20)8-17(15)21-11)19(23)22-9-12-3-4-13(10-22)18(12)24-2/h5-8,12-13,18H,3-4,9-10H2,1-2H3/t12-,13+,18?. The number of likely N-dealkylation sites (tertiary alicyclic amines) is 1.